The van der Waals surface area contributed by atoms with E-state index in [9.17, 15) is 9.18 Å². The van der Waals surface area contributed by atoms with E-state index in [1.165, 1.54) is 11.6 Å². The number of carbonyl (C=O) groups is 1. The molecule has 1 aliphatic heterocycles. The number of carbonyl (C=O) groups excluding carboxylic acids is 1. The molecule has 1 saturated heterocycles. The maximum atomic E-state index is 14.7. The van der Waals surface area contributed by atoms with Crippen LogP contribution in [0.4, 0.5) is 15.8 Å². The number of benzene rings is 2. The van der Waals surface area contributed by atoms with E-state index in [1.807, 2.05) is 25.1 Å². The minimum Gasteiger partial charge on any atom is -0.369 e. The normalized spacial score (nSPS) is 15.5. The van der Waals surface area contributed by atoms with E-state index in [0.29, 0.717) is 17.4 Å². The van der Waals surface area contributed by atoms with Gasteiger partial charge in [-0.1, -0.05) is 35.9 Å². The van der Waals surface area contributed by atoms with Crippen LogP contribution in [0.5, 0.6) is 0 Å². The second-order valence-corrected chi connectivity index (χ2v) is 8.31. The van der Waals surface area contributed by atoms with Gasteiger partial charge in [-0.2, -0.15) is 0 Å². The van der Waals surface area contributed by atoms with Crippen LogP contribution in [0.1, 0.15) is 31.7 Å². The Hall–Kier alpha value is -2.66. The van der Waals surface area contributed by atoms with Crippen molar-refractivity contribution in [1.82, 2.24) is 4.90 Å². The van der Waals surface area contributed by atoms with Gasteiger partial charge in [0.05, 0.1) is 5.69 Å². The number of hydrogen-bond acceptors (Lipinski definition) is 3. The summed E-state index contributed by atoms with van der Waals surface area (Å²) in [6.07, 6.45) is 5.36. The molecular weight excluding hydrogens is 377 g/mol. The SMILES string of the molecule is CC(=CC(=O)Nc1ccc(N2CCC(N(C)C)CC2)c(F)c1)CCc1ccccc1. The van der Waals surface area contributed by atoms with Gasteiger partial charge in [0.25, 0.3) is 0 Å². The lowest BCUT2D eigenvalue weighted by Gasteiger charge is -2.36. The molecule has 0 aromatic heterocycles. The summed E-state index contributed by atoms with van der Waals surface area (Å²) in [4.78, 5) is 16.6. The summed E-state index contributed by atoms with van der Waals surface area (Å²) in [5.41, 5.74) is 3.34. The molecule has 0 aliphatic carbocycles. The van der Waals surface area contributed by atoms with Crippen molar-refractivity contribution in [3.63, 3.8) is 0 Å². The summed E-state index contributed by atoms with van der Waals surface area (Å²) in [5, 5.41) is 2.78. The molecule has 0 saturated carbocycles. The topological polar surface area (TPSA) is 35.6 Å². The number of anilines is 2. The third-order valence-electron chi connectivity index (χ3n) is 5.78. The van der Waals surface area contributed by atoms with Crippen LogP contribution in [0.25, 0.3) is 0 Å². The molecule has 2 aromatic carbocycles. The lowest BCUT2D eigenvalue weighted by molar-refractivity contribution is -0.112. The van der Waals surface area contributed by atoms with Gasteiger partial charge in [0.1, 0.15) is 5.82 Å². The summed E-state index contributed by atoms with van der Waals surface area (Å²) in [5.74, 6) is -0.514. The van der Waals surface area contributed by atoms with Crippen molar-refractivity contribution >= 4 is 17.3 Å². The highest BCUT2D eigenvalue weighted by Crippen LogP contribution is 2.26. The number of nitrogens with one attached hydrogen (secondary N) is 1. The van der Waals surface area contributed by atoms with Crippen molar-refractivity contribution in [1.29, 1.82) is 0 Å². The summed E-state index contributed by atoms with van der Waals surface area (Å²) >= 11 is 0. The molecule has 0 atom stereocenters. The number of amides is 1. The summed E-state index contributed by atoms with van der Waals surface area (Å²) in [6.45, 7) is 3.63. The van der Waals surface area contributed by atoms with E-state index in [4.69, 9.17) is 0 Å². The third kappa shape index (κ3) is 6.17. The number of nitrogens with zero attached hydrogens (tertiary/aromatic N) is 2. The number of halogens is 1. The number of aryl methyl sites for hydroxylation is 1. The lowest BCUT2D eigenvalue weighted by atomic mass is 10.0. The number of rotatable bonds is 7. The van der Waals surface area contributed by atoms with Crippen LogP contribution < -0.4 is 10.2 Å². The molecule has 0 radical (unpaired) electrons. The maximum Gasteiger partial charge on any atom is 0.248 e. The largest absolute Gasteiger partial charge is 0.369 e. The monoisotopic (exact) mass is 409 g/mol. The Kier molecular flexibility index (Phi) is 7.63. The summed E-state index contributed by atoms with van der Waals surface area (Å²) < 4.78 is 14.7. The van der Waals surface area contributed by atoms with Crippen LogP contribution in [-0.4, -0.2) is 44.0 Å². The van der Waals surface area contributed by atoms with Crippen LogP contribution in [0.15, 0.2) is 60.2 Å². The van der Waals surface area contributed by atoms with Crippen molar-refractivity contribution in [2.75, 3.05) is 37.4 Å². The van der Waals surface area contributed by atoms with Gasteiger partial charge in [-0.05, 0) is 70.5 Å². The van der Waals surface area contributed by atoms with Crippen LogP contribution in [0.2, 0.25) is 0 Å². The number of piperidine rings is 1. The molecule has 2 aromatic rings. The maximum absolute atomic E-state index is 14.7. The average molecular weight is 410 g/mol. The highest BCUT2D eigenvalue weighted by atomic mass is 19.1. The van der Waals surface area contributed by atoms with Gasteiger partial charge < -0.3 is 15.1 Å². The quantitative estimate of drug-likeness (QED) is 0.663. The molecule has 1 N–H and O–H groups in total. The second-order valence-electron chi connectivity index (χ2n) is 8.31. The molecule has 1 fully saturated rings. The van der Waals surface area contributed by atoms with Gasteiger partial charge >= 0.3 is 0 Å². The fourth-order valence-electron chi connectivity index (χ4n) is 3.92. The van der Waals surface area contributed by atoms with Gasteiger partial charge in [-0.15, -0.1) is 0 Å². The van der Waals surface area contributed by atoms with E-state index in [-0.39, 0.29) is 11.7 Å². The first-order chi connectivity index (χ1) is 14.4. The predicted molar refractivity (Wildman–Crippen MR) is 122 cm³/mol. The zero-order valence-corrected chi connectivity index (χ0v) is 18.2. The number of allylic oxidation sites excluding steroid dienone is 1. The zero-order chi connectivity index (χ0) is 21.5. The Morgan fingerprint density at radius 3 is 2.50 bits per heavy atom. The van der Waals surface area contributed by atoms with Gasteiger partial charge in [-0.3, -0.25) is 4.79 Å². The smallest absolute Gasteiger partial charge is 0.248 e. The van der Waals surface area contributed by atoms with E-state index < -0.39 is 0 Å². The lowest BCUT2D eigenvalue weighted by Crippen LogP contribution is -2.42. The first kappa shape index (κ1) is 22.0. The van der Waals surface area contributed by atoms with Crippen LogP contribution in [0, 0.1) is 5.82 Å². The predicted octanol–water partition coefficient (Wildman–Crippen LogP) is 4.87. The van der Waals surface area contributed by atoms with Gasteiger partial charge in [0.15, 0.2) is 0 Å². The number of hydrogen-bond donors (Lipinski definition) is 1. The van der Waals surface area contributed by atoms with E-state index >= 15 is 0 Å². The van der Waals surface area contributed by atoms with Gasteiger partial charge in [0.2, 0.25) is 5.91 Å². The highest BCUT2D eigenvalue weighted by molar-refractivity contribution is 5.99. The Morgan fingerprint density at radius 2 is 1.87 bits per heavy atom. The Labute approximate surface area is 179 Å². The first-order valence-electron chi connectivity index (χ1n) is 10.7. The molecule has 3 rings (SSSR count). The molecule has 30 heavy (non-hydrogen) atoms. The summed E-state index contributed by atoms with van der Waals surface area (Å²) in [6, 6.07) is 15.7. The zero-order valence-electron chi connectivity index (χ0n) is 18.2. The fourth-order valence-corrected chi connectivity index (χ4v) is 3.92. The minimum atomic E-state index is -0.291. The van der Waals surface area contributed by atoms with Gasteiger partial charge in [-0.25, -0.2) is 4.39 Å². The third-order valence-corrected chi connectivity index (χ3v) is 5.78. The Morgan fingerprint density at radius 1 is 1.17 bits per heavy atom. The molecule has 0 spiro atoms. The van der Waals surface area contributed by atoms with Crippen molar-refractivity contribution in [2.45, 2.75) is 38.6 Å². The Bertz CT molecular complexity index is 871. The average Bonchev–Trinajstić information content (AvgIpc) is 2.73. The Balaban J connectivity index is 1.54. The van der Waals surface area contributed by atoms with Crippen LogP contribution >= 0.6 is 0 Å². The molecule has 1 amide bonds. The van der Waals surface area contributed by atoms with E-state index in [0.717, 1.165) is 44.3 Å². The highest BCUT2D eigenvalue weighted by Gasteiger charge is 2.22. The molecular formula is C25H32FN3O. The summed E-state index contributed by atoms with van der Waals surface area (Å²) in [7, 11) is 4.19. The molecule has 160 valence electrons. The fraction of sp³-hybridized carbons (Fsp3) is 0.400. The van der Waals surface area contributed by atoms with Crippen molar-refractivity contribution in [3.8, 4) is 0 Å². The minimum absolute atomic E-state index is 0.223. The standard InChI is InChI=1S/C25H32FN3O/c1-19(9-10-20-7-5-4-6-8-20)17-25(30)27-21-11-12-24(23(26)18-21)29-15-13-22(14-16-29)28(2)3/h4-8,11-12,17-18,22H,9-10,13-16H2,1-3H3,(H,27,30). The molecule has 0 bridgehead atoms. The molecule has 1 heterocycles. The van der Waals surface area contributed by atoms with Crippen LogP contribution in [0.3, 0.4) is 0 Å². The molecule has 0 unspecified atom stereocenters. The van der Waals surface area contributed by atoms with Gasteiger partial charge in [0, 0.05) is 30.9 Å². The van der Waals surface area contributed by atoms with E-state index in [1.54, 1.807) is 18.2 Å². The molecule has 4 nitrogen and oxygen atoms in total. The second kappa shape index (κ2) is 10.4. The molecule has 1 aliphatic rings. The first-order valence-corrected chi connectivity index (χ1v) is 10.7. The van der Waals surface area contributed by atoms with E-state index in [2.05, 4.69) is 41.3 Å². The van der Waals surface area contributed by atoms with Crippen molar-refractivity contribution in [2.24, 2.45) is 0 Å². The molecule has 5 heteroatoms. The van der Waals surface area contributed by atoms with Crippen LogP contribution in [-0.2, 0) is 11.2 Å². The van der Waals surface area contributed by atoms with Crippen molar-refractivity contribution in [3.05, 3.63) is 71.6 Å². The van der Waals surface area contributed by atoms with Crippen molar-refractivity contribution < 1.29 is 9.18 Å².